The van der Waals surface area contributed by atoms with E-state index in [0.717, 1.165) is 4.47 Å². The molecule has 1 aromatic heterocycles. The molecule has 4 N–H and O–H groups in total. The molecule has 5 nitrogen and oxygen atoms in total. The number of hydrogen-bond donors (Lipinski definition) is 3. The largest absolute Gasteiger partial charge is 0.323 e. The summed E-state index contributed by atoms with van der Waals surface area (Å²) in [6.45, 7) is 0. The molecule has 0 saturated carbocycles. The van der Waals surface area contributed by atoms with Gasteiger partial charge in [0.25, 0.3) is 5.91 Å². The molecule has 0 bridgehead atoms. The van der Waals surface area contributed by atoms with E-state index >= 15 is 0 Å². The van der Waals surface area contributed by atoms with E-state index in [-0.39, 0.29) is 5.91 Å². The van der Waals surface area contributed by atoms with Crippen molar-refractivity contribution in [3.63, 3.8) is 0 Å². The number of pyridine rings is 1. The molecule has 92 valence electrons. The number of carbonyl (C=O) groups is 1. The third-order valence-corrected chi connectivity index (χ3v) is 2.96. The zero-order valence-electron chi connectivity index (χ0n) is 9.35. The maximum atomic E-state index is 12.1. The van der Waals surface area contributed by atoms with Crippen molar-refractivity contribution >= 4 is 33.3 Å². The lowest BCUT2D eigenvalue weighted by Gasteiger charge is -2.09. The summed E-state index contributed by atoms with van der Waals surface area (Å²) in [5, 5.41) is 2.71. The molecule has 0 aliphatic heterocycles. The van der Waals surface area contributed by atoms with Crippen molar-refractivity contribution in [2.45, 2.75) is 0 Å². The van der Waals surface area contributed by atoms with Crippen LogP contribution in [0.3, 0.4) is 0 Å². The van der Waals surface area contributed by atoms with E-state index in [1.165, 1.54) is 0 Å². The number of nitrogens with one attached hydrogen (secondary N) is 2. The second kappa shape index (κ2) is 5.61. The normalized spacial score (nSPS) is 9.89. The van der Waals surface area contributed by atoms with E-state index in [9.17, 15) is 4.79 Å². The van der Waals surface area contributed by atoms with Gasteiger partial charge in [0.15, 0.2) is 0 Å². The van der Waals surface area contributed by atoms with Crippen LogP contribution >= 0.6 is 15.9 Å². The van der Waals surface area contributed by atoms with Crippen LogP contribution in [-0.2, 0) is 0 Å². The summed E-state index contributed by atoms with van der Waals surface area (Å²) >= 11 is 3.32. The van der Waals surface area contributed by atoms with Crippen molar-refractivity contribution in [1.29, 1.82) is 0 Å². The van der Waals surface area contributed by atoms with Crippen LogP contribution in [0.5, 0.6) is 0 Å². The number of rotatable bonds is 3. The number of carbonyl (C=O) groups excluding carboxylic acids is 1. The number of anilines is 2. The summed E-state index contributed by atoms with van der Waals surface area (Å²) in [4.78, 5) is 16.1. The average molecular weight is 307 g/mol. The van der Waals surface area contributed by atoms with Gasteiger partial charge in [0, 0.05) is 6.20 Å². The maximum Gasteiger partial charge on any atom is 0.258 e. The lowest BCUT2D eigenvalue weighted by molar-refractivity contribution is 0.102. The van der Waals surface area contributed by atoms with E-state index < -0.39 is 0 Å². The van der Waals surface area contributed by atoms with Gasteiger partial charge in [-0.2, -0.15) is 0 Å². The minimum Gasteiger partial charge on any atom is -0.323 e. The minimum absolute atomic E-state index is 0.275. The summed E-state index contributed by atoms with van der Waals surface area (Å²) < 4.78 is 0.719. The molecule has 0 radical (unpaired) electrons. The smallest absolute Gasteiger partial charge is 0.258 e. The van der Waals surface area contributed by atoms with E-state index in [4.69, 9.17) is 5.84 Å². The van der Waals surface area contributed by atoms with Crippen molar-refractivity contribution in [3.8, 4) is 0 Å². The molecule has 0 aliphatic rings. The molecule has 0 saturated heterocycles. The molecule has 0 atom stereocenters. The molecule has 18 heavy (non-hydrogen) atoms. The number of nitrogen functional groups attached to an aromatic ring is 1. The Bertz CT molecular complexity index is 574. The van der Waals surface area contributed by atoms with Crippen LogP contribution in [0, 0.1) is 0 Å². The topological polar surface area (TPSA) is 80.0 Å². The number of hydrogen-bond acceptors (Lipinski definition) is 4. The van der Waals surface area contributed by atoms with Gasteiger partial charge in [-0.25, -0.2) is 4.98 Å². The molecule has 1 aromatic carbocycles. The molecular formula is C12H11BrN4O. The molecule has 0 aliphatic carbocycles. The predicted molar refractivity (Wildman–Crippen MR) is 74.1 cm³/mol. The van der Waals surface area contributed by atoms with Crippen molar-refractivity contribution < 1.29 is 4.79 Å². The van der Waals surface area contributed by atoms with Crippen LogP contribution < -0.4 is 16.6 Å². The second-order valence-electron chi connectivity index (χ2n) is 3.48. The van der Waals surface area contributed by atoms with Gasteiger partial charge < -0.3 is 10.7 Å². The van der Waals surface area contributed by atoms with Crippen molar-refractivity contribution in [3.05, 3.63) is 52.6 Å². The fourth-order valence-electron chi connectivity index (χ4n) is 1.46. The van der Waals surface area contributed by atoms with Crippen LogP contribution in [0.4, 0.5) is 11.5 Å². The number of nitrogens with two attached hydrogens (primary N) is 1. The Kier molecular flexibility index (Phi) is 3.91. The number of amides is 1. The fraction of sp³-hybridized carbons (Fsp3) is 0. The first-order valence-corrected chi connectivity index (χ1v) is 5.99. The summed E-state index contributed by atoms with van der Waals surface area (Å²) in [6.07, 6.45) is 1.60. The number of nitrogens with zero attached hydrogens (tertiary/aromatic N) is 1. The van der Waals surface area contributed by atoms with E-state index in [1.807, 2.05) is 0 Å². The SMILES string of the molecule is NNc1ccccc1C(=O)Nc1ncccc1Br. The van der Waals surface area contributed by atoms with E-state index in [1.54, 1.807) is 42.6 Å². The molecule has 0 fully saturated rings. The Balaban J connectivity index is 2.25. The monoisotopic (exact) mass is 306 g/mol. The van der Waals surface area contributed by atoms with Crippen molar-refractivity contribution in [1.82, 2.24) is 4.98 Å². The predicted octanol–water partition coefficient (Wildman–Crippen LogP) is 2.38. The number of halogens is 1. The standard InChI is InChI=1S/C12H11BrN4O/c13-9-5-3-7-15-11(9)16-12(18)8-4-1-2-6-10(8)17-14/h1-7,17H,14H2,(H,15,16,18). The summed E-state index contributed by atoms with van der Waals surface area (Å²) in [6, 6.07) is 10.5. The van der Waals surface area contributed by atoms with Crippen LogP contribution in [0.2, 0.25) is 0 Å². The first-order chi connectivity index (χ1) is 8.72. The summed E-state index contributed by atoms with van der Waals surface area (Å²) in [5.74, 6) is 5.55. The first-order valence-electron chi connectivity index (χ1n) is 5.20. The lowest BCUT2D eigenvalue weighted by atomic mass is 10.1. The molecule has 2 rings (SSSR count). The Morgan fingerprint density at radius 1 is 1.22 bits per heavy atom. The number of benzene rings is 1. The van der Waals surface area contributed by atoms with Crippen LogP contribution in [0.15, 0.2) is 47.1 Å². The van der Waals surface area contributed by atoms with Gasteiger partial charge in [-0.3, -0.25) is 10.6 Å². The molecule has 1 heterocycles. The molecule has 6 heteroatoms. The summed E-state index contributed by atoms with van der Waals surface area (Å²) in [7, 11) is 0. The van der Waals surface area contributed by atoms with Gasteiger partial charge in [0.1, 0.15) is 5.82 Å². The second-order valence-corrected chi connectivity index (χ2v) is 4.33. The highest BCUT2D eigenvalue weighted by Crippen LogP contribution is 2.20. The van der Waals surface area contributed by atoms with Gasteiger partial charge in [-0.1, -0.05) is 12.1 Å². The third-order valence-electron chi connectivity index (χ3n) is 2.32. The van der Waals surface area contributed by atoms with Gasteiger partial charge in [-0.05, 0) is 40.2 Å². The average Bonchev–Trinajstić information content (AvgIpc) is 2.41. The number of hydrazine groups is 1. The third kappa shape index (κ3) is 2.66. The van der Waals surface area contributed by atoms with Crippen LogP contribution in [0.1, 0.15) is 10.4 Å². The van der Waals surface area contributed by atoms with Gasteiger partial charge in [0.2, 0.25) is 0 Å². The van der Waals surface area contributed by atoms with Crippen molar-refractivity contribution in [2.75, 3.05) is 10.7 Å². The van der Waals surface area contributed by atoms with Crippen LogP contribution in [-0.4, -0.2) is 10.9 Å². The van der Waals surface area contributed by atoms with E-state index in [0.29, 0.717) is 17.1 Å². The zero-order chi connectivity index (χ0) is 13.0. The molecule has 0 spiro atoms. The number of aromatic nitrogens is 1. The van der Waals surface area contributed by atoms with Gasteiger partial charge in [0.05, 0.1) is 15.7 Å². The number of para-hydroxylation sites is 1. The molecular weight excluding hydrogens is 296 g/mol. The fourth-order valence-corrected chi connectivity index (χ4v) is 1.81. The molecule has 2 aromatic rings. The Morgan fingerprint density at radius 2 is 2.00 bits per heavy atom. The van der Waals surface area contributed by atoms with Crippen molar-refractivity contribution in [2.24, 2.45) is 5.84 Å². The van der Waals surface area contributed by atoms with Crippen LogP contribution in [0.25, 0.3) is 0 Å². The van der Waals surface area contributed by atoms with Gasteiger partial charge in [-0.15, -0.1) is 0 Å². The minimum atomic E-state index is -0.275. The highest BCUT2D eigenvalue weighted by molar-refractivity contribution is 9.10. The zero-order valence-corrected chi connectivity index (χ0v) is 10.9. The Morgan fingerprint density at radius 3 is 2.72 bits per heavy atom. The maximum absolute atomic E-state index is 12.1. The quantitative estimate of drug-likeness (QED) is 0.601. The Hall–Kier alpha value is -1.92. The lowest BCUT2D eigenvalue weighted by Crippen LogP contribution is -2.17. The molecule has 0 unspecified atom stereocenters. The Labute approximate surface area is 113 Å². The highest BCUT2D eigenvalue weighted by Gasteiger charge is 2.12. The molecule has 1 amide bonds. The summed E-state index contributed by atoms with van der Waals surface area (Å²) in [5.41, 5.74) is 3.50. The van der Waals surface area contributed by atoms with Gasteiger partial charge >= 0.3 is 0 Å². The first kappa shape index (κ1) is 12.5. The van der Waals surface area contributed by atoms with E-state index in [2.05, 4.69) is 31.7 Å². The highest BCUT2D eigenvalue weighted by atomic mass is 79.9.